The molecule has 0 aliphatic heterocycles. The molecular formula is C23H33NOSi. The molecule has 2 nitrogen and oxygen atoms in total. The third-order valence-electron chi connectivity index (χ3n) is 4.57. The van der Waals surface area contributed by atoms with Gasteiger partial charge in [-0.05, 0) is 56.7 Å². The summed E-state index contributed by atoms with van der Waals surface area (Å²) in [5.74, 6) is 0. The predicted molar refractivity (Wildman–Crippen MR) is 116 cm³/mol. The second kappa shape index (κ2) is 8.34. The summed E-state index contributed by atoms with van der Waals surface area (Å²) in [4.78, 5) is 0. The molecule has 0 amide bonds. The lowest BCUT2D eigenvalue weighted by Crippen LogP contribution is -2.74. The minimum atomic E-state index is -2.60. The summed E-state index contributed by atoms with van der Waals surface area (Å²) in [6.45, 7) is 19.0. The van der Waals surface area contributed by atoms with E-state index in [0.717, 1.165) is 18.7 Å². The molecule has 3 heteroatoms. The van der Waals surface area contributed by atoms with Crippen molar-refractivity contribution < 1.29 is 4.43 Å². The lowest BCUT2D eigenvalue weighted by Gasteiger charge is -2.45. The second-order valence-corrected chi connectivity index (χ2v) is 11.0. The average Bonchev–Trinajstić information content (AvgIpc) is 2.61. The molecule has 2 aromatic carbocycles. The maximum atomic E-state index is 7.01. The molecule has 0 N–H and O–H groups in total. The molecule has 1 unspecified atom stereocenters. The van der Waals surface area contributed by atoms with Gasteiger partial charge in [0.2, 0.25) is 0 Å². The Morgan fingerprint density at radius 1 is 0.962 bits per heavy atom. The van der Waals surface area contributed by atoms with E-state index in [2.05, 4.69) is 107 Å². The average molecular weight is 368 g/mol. The number of nitrogens with zero attached hydrogens (tertiary/aromatic N) is 1. The highest BCUT2D eigenvalue weighted by Crippen LogP contribution is 2.22. The predicted octanol–water partition coefficient (Wildman–Crippen LogP) is 4.43. The molecule has 0 radical (unpaired) electrons. The van der Waals surface area contributed by atoms with Gasteiger partial charge in [-0.2, -0.15) is 0 Å². The Morgan fingerprint density at radius 3 is 2.04 bits per heavy atom. The first-order valence-electron chi connectivity index (χ1n) is 9.51. The van der Waals surface area contributed by atoms with Crippen LogP contribution in [0.1, 0.15) is 47.1 Å². The van der Waals surface area contributed by atoms with Crippen LogP contribution >= 0.6 is 0 Å². The molecule has 2 rings (SSSR count). The van der Waals surface area contributed by atoms with E-state index in [0.29, 0.717) is 0 Å². The molecule has 0 spiro atoms. The van der Waals surface area contributed by atoms with Gasteiger partial charge in [-0.3, -0.25) is 4.57 Å². The first-order valence-corrected chi connectivity index (χ1v) is 11.4. The summed E-state index contributed by atoms with van der Waals surface area (Å²) >= 11 is 0. The van der Waals surface area contributed by atoms with Crippen LogP contribution in [0.2, 0.25) is 0 Å². The fourth-order valence-corrected chi connectivity index (χ4v) is 8.01. The van der Waals surface area contributed by atoms with Crippen LogP contribution in [0, 0.1) is 0 Å². The van der Waals surface area contributed by atoms with Crippen LogP contribution < -0.4 is 10.4 Å². The zero-order valence-electron chi connectivity index (χ0n) is 17.2. The lowest BCUT2D eigenvalue weighted by molar-refractivity contribution is 0.104. The molecule has 140 valence electrons. The minimum Gasteiger partial charge on any atom is -0.391 e. The Bertz CT molecular complexity index is 731. The summed E-state index contributed by atoms with van der Waals surface area (Å²) in [5.41, 5.74) is 2.02. The van der Waals surface area contributed by atoms with Crippen molar-refractivity contribution in [3.8, 4) is 0 Å². The summed E-state index contributed by atoms with van der Waals surface area (Å²) in [7, 11) is -2.60. The Balaban J connectivity index is 2.81. The van der Waals surface area contributed by atoms with Crippen molar-refractivity contribution in [2.75, 3.05) is 13.1 Å². The molecule has 2 aromatic rings. The molecule has 0 fully saturated rings. The van der Waals surface area contributed by atoms with E-state index in [1.165, 1.54) is 15.9 Å². The molecule has 0 aliphatic carbocycles. The maximum Gasteiger partial charge on any atom is 0.339 e. The normalized spacial score (nSPS) is 14.3. The second-order valence-electron chi connectivity index (χ2n) is 7.76. The zero-order valence-corrected chi connectivity index (χ0v) is 18.2. The van der Waals surface area contributed by atoms with Gasteiger partial charge < -0.3 is 4.43 Å². The minimum absolute atomic E-state index is 0.246. The van der Waals surface area contributed by atoms with Gasteiger partial charge in [0.05, 0.1) is 0 Å². The maximum absolute atomic E-state index is 7.01. The first-order chi connectivity index (χ1) is 12.2. The van der Waals surface area contributed by atoms with E-state index in [4.69, 9.17) is 4.43 Å². The summed E-state index contributed by atoms with van der Waals surface area (Å²) in [6.07, 6.45) is 0. The standard InChI is InChI=1S/C23H33NOSi/c1-8-24(9-2)26(25-23(5,6)7,21-15-11-10-12-16-21)22-17-13-14-20(18-22)19(3)4/h10-18H,3,8-9H2,1-2,4-7H3. The highest BCUT2D eigenvalue weighted by Gasteiger charge is 2.47. The van der Waals surface area contributed by atoms with Crippen molar-refractivity contribution in [2.45, 2.75) is 47.1 Å². The van der Waals surface area contributed by atoms with Crippen molar-refractivity contribution in [2.24, 2.45) is 0 Å². The number of hydrogen-bond acceptors (Lipinski definition) is 2. The molecule has 0 saturated carbocycles. The summed E-state index contributed by atoms with van der Waals surface area (Å²) in [5, 5.41) is 2.57. The van der Waals surface area contributed by atoms with Crippen LogP contribution in [0.3, 0.4) is 0 Å². The van der Waals surface area contributed by atoms with Gasteiger partial charge in [-0.15, -0.1) is 0 Å². The third kappa shape index (κ3) is 4.34. The molecular weight excluding hydrogens is 334 g/mol. The van der Waals surface area contributed by atoms with Crippen LogP contribution in [0.4, 0.5) is 0 Å². The number of benzene rings is 2. The van der Waals surface area contributed by atoms with Crippen LogP contribution in [0.15, 0.2) is 61.2 Å². The highest BCUT2D eigenvalue weighted by molar-refractivity contribution is 6.95. The number of hydrogen-bond donors (Lipinski definition) is 0. The summed E-state index contributed by atoms with van der Waals surface area (Å²) < 4.78 is 9.54. The van der Waals surface area contributed by atoms with E-state index in [-0.39, 0.29) is 5.60 Å². The Kier molecular flexibility index (Phi) is 6.62. The van der Waals surface area contributed by atoms with E-state index in [1.54, 1.807) is 0 Å². The largest absolute Gasteiger partial charge is 0.391 e. The van der Waals surface area contributed by atoms with Gasteiger partial charge in [0.15, 0.2) is 0 Å². The molecule has 0 aromatic heterocycles. The van der Waals surface area contributed by atoms with Crippen LogP contribution in [-0.2, 0) is 4.43 Å². The van der Waals surface area contributed by atoms with E-state index in [1.807, 2.05) is 0 Å². The van der Waals surface area contributed by atoms with Gasteiger partial charge >= 0.3 is 8.48 Å². The highest BCUT2D eigenvalue weighted by atomic mass is 28.4. The SMILES string of the molecule is C=C(C)c1cccc([Si](OC(C)(C)C)(c2ccccc2)N(CC)CC)c1. The van der Waals surface area contributed by atoms with E-state index < -0.39 is 8.48 Å². The van der Waals surface area contributed by atoms with Crippen molar-refractivity contribution in [1.82, 2.24) is 4.57 Å². The first kappa shape index (κ1) is 20.6. The molecule has 1 atom stereocenters. The lowest BCUT2D eigenvalue weighted by atomic mass is 10.1. The molecule has 26 heavy (non-hydrogen) atoms. The van der Waals surface area contributed by atoms with Crippen molar-refractivity contribution in [1.29, 1.82) is 0 Å². The topological polar surface area (TPSA) is 12.5 Å². The van der Waals surface area contributed by atoms with Crippen molar-refractivity contribution >= 4 is 24.4 Å². The van der Waals surface area contributed by atoms with Crippen LogP contribution in [0.5, 0.6) is 0 Å². The molecule has 0 bridgehead atoms. The van der Waals surface area contributed by atoms with Crippen LogP contribution in [-0.4, -0.2) is 31.7 Å². The fraction of sp³-hybridized carbons (Fsp3) is 0.391. The van der Waals surface area contributed by atoms with Gasteiger partial charge in [-0.25, -0.2) is 0 Å². The Morgan fingerprint density at radius 2 is 1.54 bits per heavy atom. The van der Waals surface area contributed by atoms with Gasteiger partial charge in [0.1, 0.15) is 0 Å². The molecule has 0 saturated heterocycles. The van der Waals surface area contributed by atoms with E-state index >= 15 is 0 Å². The number of rotatable bonds is 7. The van der Waals surface area contributed by atoms with Crippen molar-refractivity contribution in [3.63, 3.8) is 0 Å². The fourth-order valence-electron chi connectivity index (χ4n) is 3.49. The molecule has 0 aliphatic rings. The number of allylic oxidation sites excluding steroid dienone is 1. The van der Waals surface area contributed by atoms with Gasteiger partial charge in [-0.1, -0.05) is 80.6 Å². The van der Waals surface area contributed by atoms with Gasteiger partial charge in [0, 0.05) is 5.60 Å². The van der Waals surface area contributed by atoms with Crippen LogP contribution in [0.25, 0.3) is 5.57 Å². The Hall–Kier alpha value is -1.68. The smallest absolute Gasteiger partial charge is 0.339 e. The summed E-state index contributed by atoms with van der Waals surface area (Å²) in [6, 6.07) is 19.6. The monoisotopic (exact) mass is 367 g/mol. The zero-order chi connectivity index (χ0) is 19.4. The quantitative estimate of drug-likeness (QED) is 0.671. The van der Waals surface area contributed by atoms with Crippen molar-refractivity contribution in [3.05, 3.63) is 66.7 Å². The third-order valence-corrected chi connectivity index (χ3v) is 9.21. The van der Waals surface area contributed by atoms with E-state index in [9.17, 15) is 0 Å². The Labute approximate surface area is 160 Å². The van der Waals surface area contributed by atoms with Gasteiger partial charge in [0.25, 0.3) is 0 Å². The molecule has 0 heterocycles.